The summed E-state index contributed by atoms with van der Waals surface area (Å²) >= 11 is 7.78. The monoisotopic (exact) mass is 306 g/mol. The molecular formula is C15H15ClN2OS. The second-order valence-electron chi connectivity index (χ2n) is 4.78. The summed E-state index contributed by atoms with van der Waals surface area (Å²) in [6, 6.07) is 11.5. The number of anilines is 1. The first-order chi connectivity index (χ1) is 9.75. The zero-order valence-electron chi connectivity index (χ0n) is 10.9. The maximum Gasteiger partial charge on any atom is 0.322 e. The van der Waals surface area contributed by atoms with E-state index in [0.29, 0.717) is 10.7 Å². The molecule has 20 heavy (non-hydrogen) atoms. The standard InChI is InChI=1S/C15H15ClN2OS/c16-11-5-1-2-6-12(11)17-15(19)18-9-3-7-13(18)14-8-4-10-20-14/h1-2,4-6,8,10,13H,3,7,9H2,(H,17,19). The molecule has 1 atom stereocenters. The molecule has 1 aliphatic rings. The molecule has 1 saturated heterocycles. The highest BCUT2D eigenvalue weighted by Crippen LogP contribution is 2.35. The van der Waals surface area contributed by atoms with E-state index in [1.165, 1.54) is 4.88 Å². The van der Waals surface area contributed by atoms with Crippen molar-refractivity contribution in [1.29, 1.82) is 0 Å². The van der Waals surface area contributed by atoms with Gasteiger partial charge in [-0.3, -0.25) is 0 Å². The number of urea groups is 1. The van der Waals surface area contributed by atoms with Crippen molar-refractivity contribution in [2.24, 2.45) is 0 Å². The summed E-state index contributed by atoms with van der Waals surface area (Å²) in [5.74, 6) is 0. The molecule has 2 amide bonds. The second-order valence-corrected chi connectivity index (χ2v) is 6.16. The summed E-state index contributed by atoms with van der Waals surface area (Å²) in [6.45, 7) is 0.791. The lowest BCUT2D eigenvalue weighted by Crippen LogP contribution is -2.34. The molecular weight excluding hydrogens is 292 g/mol. The number of rotatable bonds is 2. The summed E-state index contributed by atoms with van der Waals surface area (Å²) in [5.41, 5.74) is 0.663. The molecule has 1 unspecified atom stereocenters. The highest BCUT2D eigenvalue weighted by atomic mass is 35.5. The van der Waals surface area contributed by atoms with Crippen LogP contribution in [0.3, 0.4) is 0 Å². The zero-order chi connectivity index (χ0) is 13.9. The third kappa shape index (κ3) is 2.67. The van der Waals surface area contributed by atoms with Crippen LogP contribution in [0.15, 0.2) is 41.8 Å². The van der Waals surface area contributed by atoms with Crippen molar-refractivity contribution in [1.82, 2.24) is 4.90 Å². The topological polar surface area (TPSA) is 32.3 Å². The van der Waals surface area contributed by atoms with Crippen LogP contribution in [0.25, 0.3) is 0 Å². The van der Waals surface area contributed by atoms with Gasteiger partial charge < -0.3 is 10.2 Å². The van der Waals surface area contributed by atoms with Gasteiger partial charge in [0.05, 0.1) is 16.8 Å². The molecule has 5 heteroatoms. The van der Waals surface area contributed by atoms with Gasteiger partial charge in [-0.1, -0.05) is 29.8 Å². The number of hydrogen-bond acceptors (Lipinski definition) is 2. The Labute approximate surface area is 127 Å². The van der Waals surface area contributed by atoms with Gasteiger partial charge in [0.2, 0.25) is 0 Å². The Hall–Kier alpha value is -1.52. The Morgan fingerprint density at radius 3 is 2.90 bits per heavy atom. The molecule has 3 rings (SSSR count). The summed E-state index contributed by atoms with van der Waals surface area (Å²) in [5, 5.41) is 5.52. The number of para-hydroxylation sites is 1. The number of likely N-dealkylation sites (tertiary alicyclic amines) is 1. The fraction of sp³-hybridized carbons (Fsp3) is 0.267. The number of carbonyl (C=O) groups is 1. The number of hydrogen-bond donors (Lipinski definition) is 1. The molecule has 1 N–H and O–H groups in total. The fourth-order valence-corrected chi connectivity index (χ4v) is 3.59. The van der Waals surface area contributed by atoms with Crippen LogP contribution in [0.5, 0.6) is 0 Å². The van der Waals surface area contributed by atoms with Gasteiger partial charge >= 0.3 is 6.03 Å². The van der Waals surface area contributed by atoms with Crippen LogP contribution in [0, 0.1) is 0 Å². The molecule has 0 saturated carbocycles. The lowest BCUT2D eigenvalue weighted by Gasteiger charge is -2.24. The van der Waals surface area contributed by atoms with Gasteiger partial charge in [-0.2, -0.15) is 0 Å². The zero-order valence-corrected chi connectivity index (χ0v) is 12.5. The lowest BCUT2D eigenvalue weighted by molar-refractivity contribution is 0.208. The normalized spacial score (nSPS) is 18.2. The number of nitrogens with zero attached hydrogens (tertiary/aromatic N) is 1. The van der Waals surface area contributed by atoms with E-state index in [2.05, 4.69) is 16.8 Å². The van der Waals surface area contributed by atoms with Gasteiger partial charge in [0.15, 0.2) is 0 Å². The van der Waals surface area contributed by atoms with Crippen LogP contribution in [0.1, 0.15) is 23.8 Å². The Morgan fingerprint density at radius 1 is 1.30 bits per heavy atom. The number of halogens is 1. The van der Waals surface area contributed by atoms with E-state index in [0.717, 1.165) is 19.4 Å². The van der Waals surface area contributed by atoms with Crippen molar-refractivity contribution >= 4 is 34.7 Å². The number of amides is 2. The average molecular weight is 307 g/mol. The molecule has 1 aliphatic heterocycles. The van der Waals surface area contributed by atoms with Crippen molar-refractivity contribution in [3.8, 4) is 0 Å². The molecule has 1 aromatic heterocycles. The smallest absolute Gasteiger partial charge is 0.317 e. The van der Waals surface area contributed by atoms with Gasteiger partial charge in [0.1, 0.15) is 0 Å². The van der Waals surface area contributed by atoms with E-state index < -0.39 is 0 Å². The van der Waals surface area contributed by atoms with E-state index in [1.807, 2.05) is 29.2 Å². The van der Waals surface area contributed by atoms with E-state index >= 15 is 0 Å². The van der Waals surface area contributed by atoms with Gasteiger partial charge in [0.25, 0.3) is 0 Å². The molecule has 0 bridgehead atoms. The Kier molecular flexibility index (Phi) is 3.94. The van der Waals surface area contributed by atoms with E-state index in [9.17, 15) is 4.79 Å². The Bertz CT molecular complexity index is 600. The largest absolute Gasteiger partial charge is 0.322 e. The van der Waals surface area contributed by atoms with Crippen molar-refractivity contribution in [3.63, 3.8) is 0 Å². The number of benzene rings is 1. The molecule has 3 nitrogen and oxygen atoms in total. The maximum absolute atomic E-state index is 12.4. The molecule has 2 heterocycles. The Morgan fingerprint density at radius 2 is 2.15 bits per heavy atom. The van der Waals surface area contributed by atoms with Gasteiger partial charge in [-0.25, -0.2) is 4.79 Å². The molecule has 0 radical (unpaired) electrons. The van der Waals surface area contributed by atoms with Crippen molar-refractivity contribution in [3.05, 3.63) is 51.7 Å². The van der Waals surface area contributed by atoms with Gasteiger partial charge in [-0.05, 0) is 36.4 Å². The van der Waals surface area contributed by atoms with Crippen LogP contribution in [0.2, 0.25) is 5.02 Å². The molecule has 0 aliphatic carbocycles. The van der Waals surface area contributed by atoms with Crippen LogP contribution in [-0.2, 0) is 0 Å². The predicted octanol–water partition coefficient (Wildman–Crippen LogP) is 4.77. The SMILES string of the molecule is O=C(Nc1ccccc1Cl)N1CCCC1c1cccs1. The Balaban J connectivity index is 1.75. The molecule has 1 aromatic carbocycles. The lowest BCUT2D eigenvalue weighted by atomic mass is 10.2. The van der Waals surface area contributed by atoms with E-state index in [4.69, 9.17) is 11.6 Å². The molecule has 2 aromatic rings. The highest BCUT2D eigenvalue weighted by Gasteiger charge is 2.30. The maximum atomic E-state index is 12.4. The van der Waals surface area contributed by atoms with Crippen LogP contribution < -0.4 is 5.32 Å². The minimum atomic E-state index is -0.0750. The minimum Gasteiger partial charge on any atom is -0.317 e. The van der Waals surface area contributed by atoms with E-state index in [-0.39, 0.29) is 12.1 Å². The highest BCUT2D eigenvalue weighted by molar-refractivity contribution is 7.10. The quantitative estimate of drug-likeness (QED) is 0.851. The summed E-state index contributed by atoms with van der Waals surface area (Å²) < 4.78 is 0. The molecule has 0 spiro atoms. The van der Waals surface area contributed by atoms with Crippen LogP contribution in [0.4, 0.5) is 10.5 Å². The van der Waals surface area contributed by atoms with Crippen molar-refractivity contribution in [2.75, 3.05) is 11.9 Å². The summed E-state index contributed by atoms with van der Waals surface area (Å²) in [7, 11) is 0. The number of thiophene rings is 1. The summed E-state index contributed by atoms with van der Waals surface area (Å²) in [4.78, 5) is 15.6. The number of nitrogens with one attached hydrogen (secondary N) is 1. The predicted molar refractivity (Wildman–Crippen MR) is 83.5 cm³/mol. The summed E-state index contributed by atoms with van der Waals surface area (Å²) in [6.07, 6.45) is 2.06. The van der Waals surface area contributed by atoms with Gasteiger partial charge in [-0.15, -0.1) is 11.3 Å². The third-order valence-corrected chi connectivity index (χ3v) is 4.80. The van der Waals surface area contributed by atoms with Crippen LogP contribution in [-0.4, -0.2) is 17.5 Å². The van der Waals surface area contributed by atoms with E-state index in [1.54, 1.807) is 17.4 Å². The minimum absolute atomic E-state index is 0.0750. The second kappa shape index (κ2) is 5.85. The molecule has 104 valence electrons. The first-order valence-corrected chi connectivity index (χ1v) is 7.87. The fourth-order valence-electron chi connectivity index (χ4n) is 2.54. The first kappa shape index (κ1) is 13.5. The molecule has 1 fully saturated rings. The van der Waals surface area contributed by atoms with Crippen LogP contribution >= 0.6 is 22.9 Å². The third-order valence-electron chi connectivity index (χ3n) is 3.50. The van der Waals surface area contributed by atoms with Gasteiger partial charge in [0, 0.05) is 11.4 Å². The average Bonchev–Trinajstić information content (AvgIpc) is 3.11. The van der Waals surface area contributed by atoms with Crippen molar-refractivity contribution < 1.29 is 4.79 Å². The van der Waals surface area contributed by atoms with Crippen molar-refractivity contribution in [2.45, 2.75) is 18.9 Å². The number of carbonyl (C=O) groups excluding carboxylic acids is 1. The first-order valence-electron chi connectivity index (χ1n) is 6.61.